The zero-order valence-electron chi connectivity index (χ0n) is 19.3. The highest BCUT2D eigenvalue weighted by molar-refractivity contribution is 7.16. The molecule has 0 aliphatic heterocycles. The number of anilines is 1. The summed E-state index contributed by atoms with van der Waals surface area (Å²) in [7, 11) is 1.49. The van der Waals surface area contributed by atoms with Crippen molar-refractivity contribution in [2.45, 2.75) is 32.4 Å². The number of carbonyl (C=O) groups is 1. The second-order valence-corrected chi connectivity index (χ2v) is 9.77. The second-order valence-electron chi connectivity index (χ2n) is 8.67. The zero-order chi connectivity index (χ0) is 25.6. The van der Waals surface area contributed by atoms with E-state index in [1.807, 2.05) is 0 Å². The number of aromatic nitrogens is 3. The number of carbonyl (C=O) groups excluding carboxylic acids is 1. The summed E-state index contributed by atoms with van der Waals surface area (Å²) in [4.78, 5) is 18.6. The number of rotatable bonds is 4. The molecule has 0 saturated heterocycles. The molecule has 184 valence electrons. The van der Waals surface area contributed by atoms with Crippen molar-refractivity contribution in [1.29, 1.82) is 5.26 Å². The van der Waals surface area contributed by atoms with Gasteiger partial charge in [0.05, 0.1) is 24.6 Å². The van der Waals surface area contributed by atoms with Crippen LogP contribution in [0.1, 0.15) is 45.4 Å². The van der Waals surface area contributed by atoms with Crippen LogP contribution in [-0.4, -0.2) is 27.6 Å². The fourth-order valence-electron chi connectivity index (χ4n) is 4.36. The first-order valence-corrected chi connectivity index (χ1v) is 12.0. The summed E-state index contributed by atoms with van der Waals surface area (Å²) in [5.41, 5.74) is 0.384. The largest absolute Gasteiger partial charge is 0.497 e. The molecule has 4 aromatic rings. The number of ether oxygens (including phenoxy) is 1. The fraction of sp³-hybridized carbons (Fsp3) is 0.280. The number of halogens is 3. The van der Waals surface area contributed by atoms with Crippen molar-refractivity contribution in [2.24, 2.45) is 5.92 Å². The minimum Gasteiger partial charge on any atom is -0.497 e. The molecule has 1 atom stereocenters. The zero-order valence-corrected chi connectivity index (χ0v) is 20.1. The predicted octanol–water partition coefficient (Wildman–Crippen LogP) is 5.73. The lowest BCUT2D eigenvalue weighted by Gasteiger charge is -2.17. The van der Waals surface area contributed by atoms with E-state index < -0.39 is 17.8 Å². The number of nitrogens with one attached hydrogen (secondary N) is 1. The number of nitrogens with zero attached hydrogens (tertiary/aromatic N) is 4. The maximum absolute atomic E-state index is 13.9. The molecule has 3 aromatic heterocycles. The molecule has 1 amide bonds. The molecule has 1 aliphatic carbocycles. The molecule has 3 heterocycles. The van der Waals surface area contributed by atoms with Gasteiger partial charge >= 0.3 is 6.18 Å². The van der Waals surface area contributed by atoms with Gasteiger partial charge in [-0.1, -0.05) is 6.92 Å². The Bertz CT molecular complexity index is 1520. The molecule has 1 aromatic carbocycles. The third kappa shape index (κ3) is 4.18. The highest BCUT2D eigenvalue weighted by Crippen LogP contribution is 2.39. The quantitative estimate of drug-likeness (QED) is 0.378. The summed E-state index contributed by atoms with van der Waals surface area (Å²) in [5, 5.41) is 16.7. The van der Waals surface area contributed by atoms with E-state index in [1.165, 1.54) is 18.4 Å². The van der Waals surface area contributed by atoms with E-state index in [4.69, 9.17) is 4.74 Å². The Hall–Kier alpha value is -3.91. The third-order valence-corrected chi connectivity index (χ3v) is 7.41. The van der Waals surface area contributed by atoms with Crippen molar-refractivity contribution in [3.63, 3.8) is 0 Å². The lowest BCUT2D eigenvalue weighted by Crippen LogP contribution is -2.16. The van der Waals surface area contributed by atoms with Gasteiger partial charge in [-0.3, -0.25) is 4.79 Å². The van der Waals surface area contributed by atoms with Crippen molar-refractivity contribution < 1.29 is 22.7 Å². The van der Waals surface area contributed by atoms with Crippen LogP contribution >= 0.6 is 11.3 Å². The molecule has 5 rings (SSSR count). The molecule has 0 fully saturated rings. The van der Waals surface area contributed by atoms with Crippen LogP contribution in [0.3, 0.4) is 0 Å². The Morgan fingerprint density at radius 2 is 2.06 bits per heavy atom. The highest BCUT2D eigenvalue weighted by Gasteiger charge is 2.36. The van der Waals surface area contributed by atoms with Gasteiger partial charge in [-0.05, 0) is 61.1 Å². The Morgan fingerprint density at radius 3 is 2.72 bits per heavy atom. The average molecular weight is 512 g/mol. The first kappa shape index (κ1) is 23.8. The second kappa shape index (κ2) is 8.95. The molecule has 11 heteroatoms. The fourth-order valence-corrected chi connectivity index (χ4v) is 5.72. The van der Waals surface area contributed by atoms with E-state index in [0.29, 0.717) is 32.3 Å². The van der Waals surface area contributed by atoms with Crippen LogP contribution in [0.2, 0.25) is 0 Å². The average Bonchev–Trinajstić information content (AvgIpc) is 3.43. The minimum absolute atomic E-state index is 0.0327. The summed E-state index contributed by atoms with van der Waals surface area (Å²) in [6.07, 6.45) is -1.14. The molecule has 7 nitrogen and oxygen atoms in total. The molecule has 0 radical (unpaired) electrons. The van der Waals surface area contributed by atoms with E-state index in [-0.39, 0.29) is 16.9 Å². The summed E-state index contributed by atoms with van der Waals surface area (Å²) in [5.74, 6) is 0.342. The molecule has 0 spiro atoms. The maximum atomic E-state index is 13.9. The van der Waals surface area contributed by atoms with Gasteiger partial charge in [-0.15, -0.1) is 11.3 Å². The SMILES string of the molecule is COc1ccc(-c2cc(C(F)(F)F)n3ncc(C(=O)Nc4sc5c(c4C#N)CC[C@@H](C)C5)c3n2)cc1. The molecule has 1 aliphatic rings. The van der Waals surface area contributed by atoms with Crippen molar-refractivity contribution in [1.82, 2.24) is 14.6 Å². The standard InChI is InChI=1S/C25H20F3N5O2S/c1-13-3-8-16-17(11-29)24(36-20(16)9-13)32-23(34)18-12-30-33-21(25(26,27)28)10-19(31-22(18)33)14-4-6-15(35-2)7-5-14/h4-7,10,12-13H,3,8-9H2,1-2H3,(H,32,34)/t13-/m1/s1. The van der Waals surface area contributed by atoms with Crippen molar-refractivity contribution in [3.05, 3.63) is 63.8 Å². The number of fused-ring (bicyclic) bond motifs is 2. The van der Waals surface area contributed by atoms with Crippen LogP contribution in [0.4, 0.5) is 18.2 Å². The molecule has 0 saturated carbocycles. The number of methoxy groups -OCH3 is 1. The normalized spacial score (nSPS) is 15.4. The predicted molar refractivity (Wildman–Crippen MR) is 128 cm³/mol. The molecule has 0 unspecified atom stereocenters. The number of hydrogen-bond donors (Lipinski definition) is 1. The number of amides is 1. The molecule has 0 bridgehead atoms. The first-order valence-electron chi connectivity index (χ1n) is 11.2. The van der Waals surface area contributed by atoms with Crippen molar-refractivity contribution >= 4 is 27.9 Å². The van der Waals surface area contributed by atoms with Crippen LogP contribution in [0, 0.1) is 17.2 Å². The van der Waals surface area contributed by atoms with E-state index in [0.717, 1.165) is 42.0 Å². The molecular weight excluding hydrogens is 491 g/mol. The summed E-state index contributed by atoms with van der Waals surface area (Å²) < 4.78 is 47.5. The van der Waals surface area contributed by atoms with Gasteiger partial charge in [-0.2, -0.15) is 23.5 Å². The number of thiophene rings is 1. The molecule has 36 heavy (non-hydrogen) atoms. The lowest BCUT2D eigenvalue weighted by atomic mass is 9.88. The van der Waals surface area contributed by atoms with Crippen molar-refractivity contribution in [2.75, 3.05) is 12.4 Å². The van der Waals surface area contributed by atoms with Crippen LogP contribution in [0.25, 0.3) is 16.9 Å². The van der Waals surface area contributed by atoms with E-state index in [9.17, 15) is 23.2 Å². The first-order chi connectivity index (χ1) is 17.2. The van der Waals surface area contributed by atoms with Crippen molar-refractivity contribution in [3.8, 4) is 23.1 Å². The number of nitriles is 1. The maximum Gasteiger partial charge on any atom is 0.433 e. The lowest BCUT2D eigenvalue weighted by molar-refractivity contribution is -0.142. The van der Waals surface area contributed by atoms with Gasteiger partial charge in [0.2, 0.25) is 0 Å². The topological polar surface area (TPSA) is 92.3 Å². The Labute approximate surface area is 208 Å². The van der Waals surface area contributed by atoms with Gasteiger partial charge in [0.25, 0.3) is 5.91 Å². The van der Waals surface area contributed by atoms with Gasteiger partial charge in [0, 0.05) is 10.4 Å². The van der Waals surface area contributed by atoms with Crippen LogP contribution in [0.15, 0.2) is 36.5 Å². The van der Waals surface area contributed by atoms with Crippen LogP contribution < -0.4 is 10.1 Å². The summed E-state index contributed by atoms with van der Waals surface area (Å²) >= 11 is 1.34. The van der Waals surface area contributed by atoms with Crippen LogP contribution in [-0.2, 0) is 19.0 Å². The van der Waals surface area contributed by atoms with Gasteiger partial charge in [-0.25, -0.2) is 9.50 Å². The number of hydrogen-bond acceptors (Lipinski definition) is 6. The number of alkyl halides is 3. The third-order valence-electron chi connectivity index (χ3n) is 6.24. The monoisotopic (exact) mass is 511 g/mol. The molecule has 1 N–H and O–H groups in total. The minimum atomic E-state index is -4.74. The molecular formula is C25H20F3N5O2S. The van der Waals surface area contributed by atoms with Gasteiger partial charge < -0.3 is 10.1 Å². The summed E-state index contributed by atoms with van der Waals surface area (Å²) in [6, 6.07) is 9.47. The Morgan fingerprint density at radius 1 is 1.31 bits per heavy atom. The van der Waals surface area contributed by atoms with Gasteiger partial charge in [0.1, 0.15) is 22.4 Å². The van der Waals surface area contributed by atoms with E-state index in [1.54, 1.807) is 24.3 Å². The van der Waals surface area contributed by atoms with E-state index >= 15 is 0 Å². The smallest absolute Gasteiger partial charge is 0.433 e. The number of benzene rings is 1. The highest BCUT2D eigenvalue weighted by atomic mass is 32.1. The Balaban J connectivity index is 1.58. The van der Waals surface area contributed by atoms with Gasteiger partial charge in [0.15, 0.2) is 11.3 Å². The van der Waals surface area contributed by atoms with Crippen LogP contribution in [0.5, 0.6) is 5.75 Å². The summed E-state index contributed by atoms with van der Waals surface area (Å²) in [6.45, 7) is 2.14. The Kier molecular flexibility index (Phi) is 5.92. The van der Waals surface area contributed by atoms with E-state index in [2.05, 4.69) is 28.4 Å².